The van der Waals surface area contributed by atoms with Crippen LogP contribution in [0.15, 0.2) is 29.8 Å². The van der Waals surface area contributed by atoms with E-state index in [9.17, 15) is 9.59 Å². The lowest BCUT2D eigenvalue weighted by atomic mass is 10.1. The summed E-state index contributed by atoms with van der Waals surface area (Å²) in [6.45, 7) is 1.04. The van der Waals surface area contributed by atoms with Crippen LogP contribution in [0.1, 0.15) is 18.4 Å². The lowest BCUT2D eigenvalue weighted by molar-refractivity contribution is -0.145. The van der Waals surface area contributed by atoms with Gasteiger partial charge < -0.3 is 19.5 Å². The van der Waals surface area contributed by atoms with Gasteiger partial charge in [-0.2, -0.15) is 0 Å². The Balaban J connectivity index is 1.46. The monoisotopic (exact) mass is 317 g/mol. The molecule has 2 aliphatic rings. The van der Waals surface area contributed by atoms with Gasteiger partial charge >= 0.3 is 5.97 Å². The van der Waals surface area contributed by atoms with Crippen LogP contribution in [0.3, 0.4) is 0 Å². The van der Waals surface area contributed by atoms with Crippen LogP contribution >= 0.6 is 0 Å². The number of hydrogen-bond acceptors (Lipinski definition) is 5. The first-order valence-electron chi connectivity index (χ1n) is 7.70. The minimum absolute atomic E-state index is 0.0700. The number of benzene rings is 1. The predicted molar refractivity (Wildman–Crippen MR) is 82.9 cm³/mol. The summed E-state index contributed by atoms with van der Waals surface area (Å²) in [6.07, 6.45) is 3.76. The van der Waals surface area contributed by atoms with Crippen molar-refractivity contribution in [3.05, 3.63) is 35.4 Å². The fraction of sp³-hybridized carbons (Fsp3) is 0.412. The number of carbonyl (C=O) groups is 2. The highest BCUT2D eigenvalue weighted by atomic mass is 16.5. The van der Waals surface area contributed by atoms with Crippen LogP contribution in [0.5, 0.6) is 5.75 Å². The van der Waals surface area contributed by atoms with E-state index in [2.05, 4.69) is 5.32 Å². The Morgan fingerprint density at radius 1 is 1.30 bits per heavy atom. The summed E-state index contributed by atoms with van der Waals surface area (Å²) in [6, 6.07) is 7.43. The van der Waals surface area contributed by atoms with Crippen LogP contribution in [-0.4, -0.2) is 44.3 Å². The summed E-state index contributed by atoms with van der Waals surface area (Å²) in [5.74, 6) is -0.128. The molecule has 3 rings (SSSR count). The van der Waals surface area contributed by atoms with E-state index in [1.54, 1.807) is 6.08 Å². The number of rotatable bonds is 5. The Bertz CT molecular complexity index is 619. The van der Waals surface area contributed by atoms with Crippen LogP contribution in [-0.2, 0) is 19.1 Å². The molecule has 6 nitrogen and oxygen atoms in total. The first-order valence-corrected chi connectivity index (χ1v) is 7.70. The Labute approximate surface area is 134 Å². The van der Waals surface area contributed by atoms with E-state index in [0.29, 0.717) is 12.1 Å². The average Bonchev–Trinajstić information content (AvgIpc) is 3.11. The lowest BCUT2D eigenvalue weighted by Crippen LogP contribution is -2.35. The number of nitrogens with one attached hydrogen (secondary N) is 1. The summed E-state index contributed by atoms with van der Waals surface area (Å²) < 4.78 is 15.9. The number of amides is 1. The van der Waals surface area contributed by atoms with Crippen LogP contribution in [0.2, 0.25) is 0 Å². The molecule has 1 amide bonds. The molecule has 0 unspecified atom stereocenters. The maximum atomic E-state index is 12.0. The number of carbonyl (C=O) groups excluding carboxylic acids is 2. The minimum Gasteiger partial charge on any atom is -0.488 e. The summed E-state index contributed by atoms with van der Waals surface area (Å²) in [5.41, 5.74) is 1.23. The average molecular weight is 317 g/mol. The summed E-state index contributed by atoms with van der Waals surface area (Å²) >= 11 is 0. The van der Waals surface area contributed by atoms with Crippen molar-refractivity contribution in [2.45, 2.75) is 18.9 Å². The fourth-order valence-corrected chi connectivity index (χ4v) is 2.54. The first kappa shape index (κ1) is 15.6. The van der Waals surface area contributed by atoms with Gasteiger partial charge in [-0.15, -0.1) is 0 Å². The van der Waals surface area contributed by atoms with E-state index in [1.807, 2.05) is 24.3 Å². The zero-order valence-electron chi connectivity index (χ0n) is 12.7. The highest BCUT2D eigenvalue weighted by molar-refractivity contribution is 5.96. The van der Waals surface area contributed by atoms with Crippen molar-refractivity contribution < 1.29 is 23.8 Å². The van der Waals surface area contributed by atoms with Gasteiger partial charge in [0, 0.05) is 18.7 Å². The molecule has 0 spiro atoms. The van der Waals surface area contributed by atoms with Crippen LogP contribution in [0.25, 0.3) is 6.08 Å². The van der Waals surface area contributed by atoms with Gasteiger partial charge in [0.1, 0.15) is 12.4 Å². The number of para-hydroxylation sites is 1. The molecule has 1 aromatic rings. The molecule has 0 saturated carbocycles. The lowest BCUT2D eigenvalue weighted by Gasteiger charge is -2.17. The normalized spacial score (nSPS) is 19.3. The third kappa shape index (κ3) is 4.10. The standard InChI is InChI=1S/C17H19NO5/c19-16(18-9-14-5-3-7-21-14)11-23-17(20)13-8-12-4-1-2-6-15(12)22-10-13/h1-2,4,6,8,14H,3,5,7,9-11H2,(H,18,19)/t14-/m1/s1. The number of fused-ring (bicyclic) bond motifs is 1. The molecular formula is C17H19NO5. The first-order chi connectivity index (χ1) is 11.2. The van der Waals surface area contributed by atoms with Crippen molar-refractivity contribution in [1.82, 2.24) is 5.32 Å². The molecular weight excluding hydrogens is 298 g/mol. The highest BCUT2D eigenvalue weighted by Crippen LogP contribution is 2.25. The molecule has 0 bridgehead atoms. The van der Waals surface area contributed by atoms with Crippen molar-refractivity contribution in [2.24, 2.45) is 0 Å². The second kappa shape index (κ2) is 7.28. The van der Waals surface area contributed by atoms with Gasteiger partial charge in [-0.05, 0) is 25.0 Å². The predicted octanol–water partition coefficient (Wildman–Crippen LogP) is 1.30. The molecule has 1 aromatic carbocycles. The SMILES string of the molecule is O=C(COC(=O)C1=Cc2ccccc2OC1)NC[C@H]1CCCO1. The molecule has 6 heteroatoms. The summed E-state index contributed by atoms with van der Waals surface area (Å²) in [5, 5.41) is 2.71. The quantitative estimate of drug-likeness (QED) is 0.829. The molecule has 1 fully saturated rings. The van der Waals surface area contributed by atoms with Crippen molar-refractivity contribution in [3.63, 3.8) is 0 Å². The second-order valence-electron chi connectivity index (χ2n) is 5.51. The number of hydrogen-bond donors (Lipinski definition) is 1. The largest absolute Gasteiger partial charge is 0.488 e. The Hall–Kier alpha value is -2.34. The van der Waals surface area contributed by atoms with Crippen molar-refractivity contribution in [2.75, 3.05) is 26.4 Å². The van der Waals surface area contributed by atoms with Gasteiger partial charge in [0.05, 0.1) is 11.7 Å². The van der Waals surface area contributed by atoms with Gasteiger partial charge in [0.15, 0.2) is 6.61 Å². The molecule has 0 aliphatic carbocycles. The van der Waals surface area contributed by atoms with Gasteiger partial charge in [0.25, 0.3) is 5.91 Å². The Morgan fingerprint density at radius 3 is 3.00 bits per heavy atom. The minimum atomic E-state index is -0.535. The molecule has 0 aromatic heterocycles. The number of esters is 1. The van der Waals surface area contributed by atoms with Crippen molar-refractivity contribution in [1.29, 1.82) is 0 Å². The van der Waals surface area contributed by atoms with Crippen LogP contribution in [0.4, 0.5) is 0 Å². The molecule has 2 heterocycles. The van der Waals surface area contributed by atoms with E-state index < -0.39 is 5.97 Å². The smallest absolute Gasteiger partial charge is 0.338 e. The van der Waals surface area contributed by atoms with Gasteiger partial charge in [0.2, 0.25) is 0 Å². The maximum Gasteiger partial charge on any atom is 0.338 e. The zero-order chi connectivity index (χ0) is 16.1. The third-order valence-electron chi connectivity index (χ3n) is 3.78. The molecule has 1 atom stereocenters. The van der Waals surface area contributed by atoms with E-state index in [1.165, 1.54) is 0 Å². The molecule has 1 N–H and O–H groups in total. The Kier molecular flexibility index (Phi) is 4.92. The topological polar surface area (TPSA) is 73.9 Å². The van der Waals surface area contributed by atoms with E-state index in [0.717, 1.165) is 30.8 Å². The second-order valence-corrected chi connectivity index (χ2v) is 5.51. The Morgan fingerprint density at radius 2 is 2.17 bits per heavy atom. The summed E-state index contributed by atoms with van der Waals surface area (Å²) in [4.78, 5) is 23.7. The van der Waals surface area contributed by atoms with E-state index in [-0.39, 0.29) is 25.2 Å². The van der Waals surface area contributed by atoms with Crippen LogP contribution in [0, 0.1) is 0 Å². The molecule has 2 aliphatic heterocycles. The van der Waals surface area contributed by atoms with Gasteiger partial charge in [-0.3, -0.25) is 4.79 Å². The molecule has 0 radical (unpaired) electrons. The molecule has 122 valence electrons. The maximum absolute atomic E-state index is 12.0. The highest BCUT2D eigenvalue weighted by Gasteiger charge is 2.20. The number of ether oxygens (including phenoxy) is 3. The fourth-order valence-electron chi connectivity index (χ4n) is 2.54. The van der Waals surface area contributed by atoms with Crippen molar-refractivity contribution in [3.8, 4) is 5.75 Å². The van der Waals surface area contributed by atoms with Crippen LogP contribution < -0.4 is 10.1 Å². The van der Waals surface area contributed by atoms with E-state index in [4.69, 9.17) is 14.2 Å². The third-order valence-corrected chi connectivity index (χ3v) is 3.78. The van der Waals surface area contributed by atoms with Gasteiger partial charge in [-0.1, -0.05) is 18.2 Å². The molecule has 1 saturated heterocycles. The summed E-state index contributed by atoms with van der Waals surface area (Å²) in [7, 11) is 0. The van der Waals surface area contributed by atoms with E-state index >= 15 is 0 Å². The molecule has 23 heavy (non-hydrogen) atoms. The zero-order valence-corrected chi connectivity index (χ0v) is 12.7. The van der Waals surface area contributed by atoms with Crippen molar-refractivity contribution >= 4 is 18.0 Å². The van der Waals surface area contributed by atoms with Gasteiger partial charge in [-0.25, -0.2) is 4.79 Å².